The van der Waals surface area contributed by atoms with E-state index >= 15 is 0 Å². The van der Waals surface area contributed by atoms with Crippen LogP contribution in [0.1, 0.15) is 5.69 Å². The minimum atomic E-state index is -1.96. The summed E-state index contributed by atoms with van der Waals surface area (Å²) in [5.74, 6) is -7.06. The van der Waals surface area contributed by atoms with E-state index < -0.39 is 34.4 Å². The zero-order chi connectivity index (χ0) is 19.3. The number of rotatable bonds is 2. The second kappa shape index (κ2) is 6.08. The first kappa shape index (κ1) is 17.0. The van der Waals surface area contributed by atoms with Crippen LogP contribution in [0.4, 0.5) is 17.6 Å². The predicted molar refractivity (Wildman–Crippen MR) is 91.3 cm³/mol. The molecule has 27 heavy (non-hydrogen) atoms. The summed E-state index contributed by atoms with van der Waals surface area (Å²) in [5.41, 5.74) is 0.568. The van der Waals surface area contributed by atoms with Gasteiger partial charge in [0.05, 0.1) is 5.69 Å². The number of aromatic amines is 1. The van der Waals surface area contributed by atoms with Crippen LogP contribution in [0.15, 0.2) is 47.3 Å². The van der Waals surface area contributed by atoms with Gasteiger partial charge in [-0.1, -0.05) is 30.3 Å². The van der Waals surface area contributed by atoms with Crippen molar-refractivity contribution < 1.29 is 17.6 Å². The Bertz CT molecular complexity index is 1250. The summed E-state index contributed by atoms with van der Waals surface area (Å²) >= 11 is 0. The van der Waals surface area contributed by atoms with Gasteiger partial charge in [-0.25, -0.2) is 27.1 Å². The third-order valence-electron chi connectivity index (χ3n) is 4.24. The van der Waals surface area contributed by atoms with E-state index in [2.05, 4.69) is 10.1 Å². The number of hydrogen-bond acceptors (Lipinski definition) is 2. The zero-order valence-corrected chi connectivity index (χ0v) is 13.9. The van der Waals surface area contributed by atoms with Gasteiger partial charge >= 0.3 is 0 Å². The molecule has 0 atom stereocenters. The number of hydrogen-bond donors (Lipinski definition) is 1. The number of nitrogens with one attached hydrogen (secondary N) is 1. The summed E-state index contributed by atoms with van der Waals surface area (Å²) in [4.78, 5) is 16.6. The number of fused-ring (bicyclic) bond motifs is 1. The largest absolute Gasteiger partial charge is 0.293 e. The van der Waals surface area contributed by atoms with Crippen molar-refractivity contribution >= 4 is 5.65 Å². The van der Waals surface area contributed by atoms with Crippen LogP contribution >= 0.6 is 0 Å². The first-order valence-corrected chi connectivity index (χ1v) is 7.89. The van der Waals surface area contributed by atoms with E-state index in [-0.39, 0.29) is 11.3 Å². The van der Waals surface area contributed by atoms with E-state index in [9.17, 15) is 22.4 Å². The fourth-order valence-corrected chi connectivity index (χ4v) is 3.00. The van der Waals surface area contributed by atoms with Gasteiger partial charge in [-0.05, 0) is 18.6 Å². The van der Waals surface area contributed by atoms with Crippen molar-refractivity contribution in [2.75, 3.05) is 0 Å². The highest BCUT2D eigenvalue weighted by Crippen LogP contribution is 2.30. The molecule has 0 fully saturated rings. The summed E-state index contributed by atoms with van der Waals surface area (Å²) in [5, 5.41) is 2.86. The van der Waals surface area contributed by atoms with Gasteiger partial charge in [0.15, 0.2) is 28.9 Å². The molecule has 0 saturated carbocycles. The maximum atomic E-state index is 14.2. The predicted octanol–water partition coefficient (Wildman–Crippen LogP) is 4.22. The molecule has 136 valence electrons. The van der Waals surface area contributed by atoms with E-state index in [0.717, 1.165) is 16.1 Å². The number of benzene rings is 2. The van der Waals surface area contributed by atoms with Crippen molar-refractivity contribution in [1.29, 1.82) is 0 Å². The first-order chi connectivity index (χ1) is 12.9. The lowest BCUT2D eigenvalue weighted by Gasteiger charge is -2.06. The minimum Gasteiger partial charge on any atom is -0.293 e. The lowest BCUT2D eigenvalue weighted by molar-refractivity contribution is 0.410. The van der Waals surface area contributed by atoms with E-state index in [1.165, 1.54) is 0 Å². The van der Waals surface area contributed by atoms with Crippen molar-refractivity contribution in [2.45, 2.75) is 6.92 Å². The van der Waals surface area contributed by atoms with E-state index in [4.69, 9.17) is 0 Å². The normalized spacial score (nSPS) is 11.3. The van der Waals surface area contributed by atoms with Crippen LogP contribution in [0.2, 0.25) is 0 Å². The number of H-pyrrole nitrogens is 1. The van der Waals surface area contributed by atoms with Crippen molar-refractivity contribution in [1.82, 2.24) is 14.6 Å². The Morgan fingerprint density at radius 3 is 2.37 bits per heavy atom. The summed E-state index contributed by atoms with van der Waals surface area (Å²) < 4.78 is 55.7. The maximum Gasteiger partial charge on any atom is 0.273 e. The molecule has 1 N–H and O–H groups in total. The van der Waals surface area contributed by atoms with Crippen molar-refractivity contribution in [3.05, 3.63) is 81.8 Å². The summed E-state index contributed by atoms with van der Waals surface area (Å²) in [6.45, 7) is 1.73. The fourth-order valence-electron chi connectivity index (χ4n) is 3.00. The van der Waals surface area contributed by atoms with Crippen LogP contribution in [-0.4, -0.2) is 14.6 Å². The molecule has 0 saturated heterocycles. The van der Waals surface area contributed by atoms with E-state index in [1.807, 2.05) is 6.07 Å². The average molecular weight is 373 g/mol. The fraction of sp³-hybridized carbons (Fsp3) is 0.0526. The van der Waals surface area contributed by atoms with Gasteiger partial charge in [-0.2, -0.15) is 0 Å². The van der Waals surface area contributed by atoms with Crippen LogP contribution in [0.25, 0.3) is 28.0 Å². The van der Waals surface area contributed by atoms with Crippen LogP contribution in [0.5, 0.6) is 0 Å². The molecule has 0 unspecified atom stereocenters. The number of halogens is 4. The standard InChI is InChI=1S/C19H11F4N3O/c1-9-15(10-5-3-2-4-6-10)19-24-13(8-14(27)26(19)25-9)11-7-12(20)17(22)18(23)16(11)21/h2-8,25H,1H3. The third kappa shape index (κ3) is 2.61. The van der Waals surface area contributed by atoms with Gasteiger partial charge < -0.3 is 0 Å². The van der Waals surface area contributed by atoms with Gasteiger partial charge in [0.25, 0.3) is 5.56 Å². The monoisotopic (exact) mass is 373 g/mol. The molecule has 4 nitrogen and oxygen atoms in total. The van der Waals surface area contributed by atoms with Gasteiger partial charge in [-0.3, -0.25) is 9.89 Å². The Balaban J connectivity index is 2.05. The Kier molecular flexibility index (Phi) is 3.83. The van der Waals surface area contributed by atoms with Crippen LogP contribution in [-0.2, 0) is 0 Å². The maximum absolute atomic E-state index is 14.2. The number of aryl methyl sites for hydroxylation is 1. The Labute approximate surface area is 149 Å². The number of aromatic nitrogens is 3. The van der Waals surface area contributed by atoms with E-state index in [0.29, 0.717) is 17.3 Å². The van der Waals surface area contributed by atoms with Crippen molar-refractivity contribution in [3.8, 4) is 22.4 Å². The minimum absolute atomic E-state index is 0.158. The van der Waals surface area contributed by atoms with E-state index in [1.54, 1.807) is 31.2 Å². The second-order valence-electron chi connectivity index (χ2n) is 5.96. The molecule has 0 aliphatic rings. The molecule has 2 aromatic heterocycles. The van der Waals surface area contributed by atoms with Gasteiger partial charge in [0.1, 0.15) is 0 Å². The third-order valence-corrected chi connectivity index (χ3v) is 4.24. The van der Waals surface area contributed by atoms with Gasteiger partial charge in [-0.15, -0.1) is 0 Å². The summed E-state index contributed by atoms with van der Waals surface area (Å²) in [6.07, 6.45) is 0. The Morgan fingerprint density at radius 2 is 1.67 bits per heavy atom. The SMILES string of the molecule is Cc1[nH]n2c(=O)cc(-c3cc(F)c(F)c(F)c3F)nc2c1-c1ccccc1. The highest BCUT2D eigenvalue weighted by Gasteiger charge is 2.22. The van der Waals surface area contributed by atoms with Gasteiger partial charge in [0, 0.05) is 22.9 Å². The van der Waals surface area contributed by atoms with Crippen LogP contribution in [0, 0.1) is 30.2 Å². The molecule has 0 amide bonds. The quantitative estimate of drug-likeness (QED) is 0.325. The Morgan fingerprint density at radius 1 is 0.963 bits per heavy atom. The average Bonchev–Trinajstić information content (AvgIpc) is 3.00. The topological polar surface area (TPSA) is 50.2 Å². The highest BCUT2D eigenvalue weighted by molar-refractivity contribution is 5.81. The molecule has 0 aliphatic heterocycles. The molecule has 0 bridgehead atoms. The molecule has 2 aromatic carbocycles. The molecule has 4 rings (SSSR count). The lowest BCUT2D eigenvalue weighted by Crippen LogP contribution is -2.15. The van der Waals surface area contributed by atoms with Crippen molar-refractivity contribution in [3.63, 3.8) is 0 Å². The first-order valence-electron chi connectivity index (χ1n) is 7.89. The molecule has 0 radical (unpaired) electrons. The second-order valence-corrected chi connectivity index (χ2v) is 5.96. The van der Waals surface area contributed by atoms with Crippen LogP contribution in [0.3, 0.4) is 0 Å². The molecular formula is C19H11F4N3O. The number of nitrogens with zero attached hydrogens (tertiary/aromatic N) is 2. The Hall–Kier alpha value is -3.42. The summed E-state index contributed by atoms with van der Waals surface area (Å²) in [6, 6.07) is 10.4. The summed E-state index contributed by atoms with van der Waals surface area (Å²) in [7, 11) is 0. The van der Waals surface area contributed by atoms with Crippen LogP contribution < -0.4 is 5.56 Å². The van der Waals surface area contributed by atoms with Gasteiger partial charge in [0.2, 0.25) is 0 Å². The molecule has 8 heteroatoms. The molecule has 2 heterocycles. The molecule has 0 aliphatic carbocycles. The van der Waals surface area contributed by atoms with Crippen molar-refractivity contribution in [2.24, 2.45) is 0 Å². The smallest absolute Gasteiger partial charge is 0.273 e. The molecule has 4 aromatic rings. The highest BCUT2D eigenvalue weighted by atomic mass is 19.2. The molecule has 0 spiro atoms. The lowest BCUT2D eigenvalue weighted by atomic mass is 10.1. The zero-order valence-electron chi connectivity index (χ0n) is 13.9. The molecular weight excluding hydrogens is 362 g/mol.